The molecule has 5 nitrogen and oxygen atoms in total. The fraction of sp³-hybridized carbons (Fsp3) is 0.333. The molecule has 1 aromatic heterocycles. The van der Waals surface area contributed by atoms with Crippen LogP contribution in [0.25, 0.3) is 0 Å². The van der Waals surface area contributed by atoms with Gasteiger partial charge < -0.3 is 15.8 Å². The summed E-state index contributed by atoms with van der Waals surface area (Å²) in [6.45, 7) is 4.60. The fourth-order valence-corrected chi connectivity index (χ4v) is 2.79. The summed E-state index contributed by atoms with van der Waals surface area (Å²) in [5, 5.41) is 6.43. The molecule has 21 heavy (non-hydrogen) atoms. The first-order chi connectivity index (χ1) is 10.0. The maximum atomic E-state index is 11.7. The summed E-state index contributed by atoms with van der Waals surface area (Å²) in [6.07, 6.45) is 0.843. The van der Waals surface area contributed by atoms with Gasteiger partial charge >= 0.3 is 5.97 Å². The van der Waals surface area contributed by atoms with Crippen LogP contribution in [0.5, 0.6) is 0 Å². The summed E-state index contributed by atoms with van der Waals surface area (Å²) in [7, 11) is 1.35. The van der Waals surface area contributed by atoms with Crippen molar-refractivity contribution in [1.29, 1.82) is 0 Å². The third-order valence-electron chi connectivity index (χ3n) is 3.13. The zero-order chi connectivity index (χ0) is 15.4. The summed E-state index contributed by atoms with van der Waals surface area (Å²) in [4.78, 5) is 16.1. The number of methoxy groups -OCH3 is 1. The van der Waals surface area contributed by atoms with Crippen molar-refractivity contribution in [3.05, 3.63) is 39.3 Å². The fourth-order valence-electron chi connectivity index (χ4n) is 2.01. The number of nitrogen functional groups attached to an aromatic ring is 1. The van der Waals surface area contributed by atoms with Gasteiger partial charge in [0.15, 0.2) is 0 Å². The number of anilines is 2. The van der Waals surface area contributed by atoms with E-state index in [9.17, 15) is 4.79 Å². The second-order valence-electron chi connectivity index (χ2n) is 4.81. The van der Waals surface area contributed by atoms with Crippen LogP contribution in [0.2, 0.25) is 0 Å². The zero-order valence-corrected chi connectivity index (χ0v) is 13.2. The number of nitrogens with one attached hydrogen (secondary N) is 1. The molecule has 2 aromatic rings. The molecule has 0 bridgehead atoms. The molecule has 1 aromatic carbocycles. The highest BCUT2D eigenvalue weighted by atomic mass is 32.1. The van der Waals surface area contributed by atoms with E-state index in [2.05, 4.69) is 10.3 Å². The lowest BCUT2D eigenvalue weighted by atomic mass is 10.1. The van der Waals surface area contributed by atoms with Gasteiger partial charge in [0.25, 0.3) is 0 Å². The minimum atomic E-state index is -0.421. The second-order valence-corrected chi connectivity index (χ2v) is 5.75. The van der Waals surface area contributed by atoms with Crippen LogP contribution in [0.3, 0.4) is 0 Å². The van der Waals surface area contributed by atoms with Crippen LogP contribution < -0.4 is 11.1 Å². The Bertz CT molecular complexity index is 652. The van der Waals surface area contributed by atoms with Gasteiger partial charge in [-0.05, 0) is 31.5 Å². The lowest BCUT2D eigenvalue weighted by molar-refractivity contribution is 0.0602. The first-order valence-corrected chi connectivity index (χ1v) is 7.52. The average molecular weight is 305 g/mol. The third-order valence-corrected chi connectivity index (χ3v) is 4.15. The minimum absolute atomic E-state index is 0.394. The molecule has 0 atom stereocenters. The Morgan fingerprint density at radius 1 is 1.43 bits per heavy atom. The van der Waals surface area contributed by atoms with Crippen molar-refractivity contribution in [3.63, 3.8) is 0 Å². The molecule has 0 radical (unpaired) electrons. The first-order valence-electron chi connectivity index (χ1n) is 6.64. The molecule has 2 rings (SSSR count). The number of carbonyl (C=O) groups excluding carboxylic acids is 1. The van der Waals surface area contributed by atoms with Gasteiger partial charge in [-0.1, -0.05) is 0 Å². The number of hydrogen-bond donors (Lipinski definition) is 2. The summed E-state index contributed by atoms with van der Waals surface area (Å²) in [6, 6.07) is 3.65. The van der Waals surface area contributed by atoms with Crippen molar-refractivity contribution in [2.45, 2.75) is 20.3 Å². The van der Waals surface area contributed by atoms with E-state index in [-0.39, 0.29) is 0 Å². The normalized spacial score (nSPS) is 10.4. The van der Waals surface area contributed by atoms with Gasteiger partial charge in [-0.25, -0.2) is 9.78 Å². The van der Waals surface area contributed by atoms with Crippen molar-refractivity contribution in [3.8, 4) is 0 Å². The molecule has 3 N–H and O–H groups in total. The Labute approximate surface area is 128 Å². The molecule has 0 saturated heterocycles. The second kappa shape index (κ2) is 6.58. The maximum absolute atomic E-state index is 11.7. The van der Waals surface area contributed by atoms with Crippen molar-refractivity contribution in [2.24, 2.45) is 0 Å². The number of carbonyl (C=O) groups is 1. The van der Waals surface area contributed by atoms with Crippen LogP contribution in [0, 0.1) is 13.8 Å². The van der Waals surface area contributed by atoms with Crippen molar-refractivity contribution >= 4 is 28.7 Å². The topological polar surface area (TPSA) is 77.2 Å². The number of rotatable bonds is 5. The van der Waals surface area contributed by atoms with E-state index in [0.29, 0.717) is 11.3 Å². The predicted octanol–water partition coefficient (Wildman–Crippen LogP) is 2.78. The van der Waals surface area contributed by atoms with E-state index in [1.807, 2.05) is 25.3 Å². The van der Waals surface area contributed by atoms with Crippen LogP contribution >= 0.6 is 11.3 Å². The van der Waals surface area contributed by atoms with Gasteiger partial charge in [-0.15, -0.1) is 11.3 Å². The molecule has 0 spiro atoms. The van der Waals surface area contributed by atoms with Gasteiger partial charge in [0.1, 0.15) is 0 Å². The van der Waals surface area contributed by atoms with Crippen LogP contribution in [0.1, 0.15) is 26.6 Å². The molecule has 0 amide bonds. The molecule has 0 aliphatic heterocycles. The number of ether oxygens (including phenoxy) is 1. The average Bonchev–Trinajstić information content (AvgIpc) is 2.87. The van der Waals surface area contributed by atoms with E-state index in [0.717, 1.165) is 34.9 Å². The highest BCUT2D eigenvalue weighted by molar-refractivity contribution is 7.09. The van der Waals surface area contributed by atoms with E-state index >= 15 is 0 Å². The van der Waals surface area contributed by atoms with Crippen molar-refractivity contribution in [1.82, 2.24) is 4.98 Å². The highest BCUT2D eigenvalue weighted by Gasteiger charge is 2.13. The number of nitrogens with zero attached hydrogens (tertiary/aromatic N) is 1. The molecule has 0 fully saturated rings. The number of esters is 1. The number of nitrogens with two attached hydrogens (primary N) is 1. The quantitative estimate of drug-likeness (QED) is 0.656. The summed E-state index contributed by atoms with van der Waals surface area (Å²) >= 11 is 1.66. The molecule has 6 heteroatoms. The van der Waals surface area contributed by atoms with Crippen LogP contribution in [-0.2, 0) is 11.2 Å². The maximum Gasteiger partial charge on any atom is 0.340 e. The van der Waals surface area contributed by atoms with Gasteiger partial charge in [0.05, 0.1) is 17.7 Å². The first kappa shape index (κ1) is 15.3. The smallest absolute Gasteiger partial charge is 0.340 e. The predicted molar refractivity (Wildman–Crippen MR) is 86.0 cm³/mol. The van der Waals surface area contributed by atoms with Crippen molar-refractivity contribution < 1.29 is 9.53 Å². The molecule has 0 saturated carbocycles. The van der Waals surface area contributed by atoms with Crippen LogP contribution in [0.4, 0.5) is 11.4 Å². The third kappa shape index (κ3) is 3.72. The molecule has 0 aliphatic rings. The minimum Gasteiger partial charge on any atom is -0.465 e. The number of benzene rings is 1. The molecule has 112 valence electrons. The van der Waals surface area contributed by atoms with E-state index < -0.39 is 5.97 Å². The number of aromatic nitrogens is 1. The molecule has 0 aliphatic carbocycles. The summed E-state index contributed by atoms with van der Waals surface area (Å²) < 4.78 is 4.75. The SMILES string of the molecule is COC(=O)c1cc(NCCc2nc(C)cs2)cc(C)c1N. The van der Waals surface area contributed by atoms with Crippen LogP contribution in [0.15, 0.2) is 17.5 Å². The Morgan fingerprint density at radius 3 is 2.81 bits per heavy atom. The van der Waals surface area contributed by atoms with Gasteiger partial charge in [0.2, 0.25) is 0 Å². The van der Waals surface area contributed by atoms with Gasteiger partial charge in [-0.3, -0.25) is 0 Å². The summed E-state index contributed by atoms with van der Waals surface area (Å²) in [5.41, 5.74) is 9.52. The van der Waals surface area contributed by atoms with Crippen LogP contribution in [-0.4, -0.2) is 24.6 Å². The van der Waals surface area contributed by atoms with E-state index in [1.165, 1.54) is 7.11 Å². The number of aryl methyl sites for hydroxylation is 2. The van der Waals surface area contributed by atoms with Gasteiger partial charge in [0, 0.05) is 35.4 Å². The molecular weight excluding hydrogens is 286 g/mol. The Morgan fingerprint density at radius 2 is 2.19 bits per heavy atom. The standard InChI is InChI=1S/C15H19N3O2S/c1-9-6-11(7-12(14(9)16)15(19)20-3)17-5-4-13-18-10(2)8-21-13/h6-8,17H,4-5,16H2,1-3H3. The summed E-state index contributed by atoms with van der Waals surface area (Å²) in [5.74, 6) is -0.421. The highest BCUT2D eigenvalue weighted by Crippen LogP contribution is 2.23. The Hall–Kier alpha value is -2.08. The zero-order valence-electron chi connectivity index (χ0n) is 12.4. The number of thiazole rings is 1. The molecule has 1 heterocycles. The molecule has 0 unspecified atom stereocenters. The van der Waals surface area contributed by atoms with Gasteiger partial charge in [-0.2, -0.15) is 0 Å². The van der Waals surface area contributed by atoms with Crippen molar-refractivity contribution in [2.75, 3.05) is 24.7 Å². The largest absolute Gasteiger partial charge is 0.465 e. The lowest BCUT2D eigenvalue weighted by Gasteiger charge is -2.12. The van der Waals surface area contributed by atoms with E-state index in [1.54, 1.807) is 17.4 Å². The Balaban J connectivity index is 2.06. The lowest BCUT2D eigenvalue weighted by Crippen LogP contribution is -2.10. The monoisotopic (exact) mass is 305 g/mol. The molecular formula is C15H19N3O2S. The number of hydrogen-bond acceptors (Lipinski definition) is 6. The van der Waals surface area contributed by atoms with E-state index in [4.69, 9.17) is 10.5 Å². The Kier molecular flexibility index (Phi) is 4.80.